The third-order valence-electron chi connectivity index (χ3n) is 4.05. The average Bonchev–Trinajstić information content (AvgIpc) is 3.11. The highest BCUT2D eigenvalue weighted by atomic mass is 16.3. The summed E-state index contributed by atoms with van der Waals surface area (Å²) in [6.07, 6.45) is 5.92. The number of carbonyl (C=O) groups is 2. The minimum atomic E-state index is -0.250. The molecule has 1 unspecified atom stereocenters. The fraction of sp³-hybridized carbons (Fsp3) is 0.471. The summed E-state index contributed by atoms with van der Waals surface area (Å²) >= 11 is 0. The van der Waals surface area contributed by atoms with Gasteiger partial charge in [-0.15, -0.1) is 0 Å². The normalized spacial score (nSPS) is 15.2. The van der Waals surface area contributed by atoms with Gasteiger partial charge in [-0.2, -0.15) is 5.10 Å². The number of rotatable bonds is 6. The first-order valence-corrected chi connectivity index (χ1v) is 8.52. The van der Waals surface area contributed by atoms with E-state index >= 15 is 0 Å². The Balaban J connectivity index is 0.000000758. The predicted molar refractivity (Wildman–Crippen MR) is 95.6 cm³/mol. The molecule has 140 valence electrons. The summed E-state index contributed by atoms with van der Waals surface area (Å²) in [4.78, 5) is 29.0. The van der Waals surface area contributed by atoms with Crippen molar-refractivity contribution in [2.24, 2.45) is 5.92 Å². The molecule has 9 heteroatoms. The molecule has 0 bridgehead atoms. The van der Waals surface area contributed by atoms with Gasteiger partial charge in [-0.1, -0.05) is 6.07 Å². The van der Waals surface area contributed by atoms with E-state index in [1.165, 1.54) is 0 Å². The maximum absolute atomic E-state index is 12.2. The zero-order chi connectivity index (χ0) is 18.8. The Hall–Kier alpha value is -2.97. The van der Waals surface area contributed by atoms with E-state index in [0.29, 0.717) is 13.1 Å². The van der Waals surface area contributed by atoms with Crippen molar-refractivity contribution in [3.05, 3.63) is 36.0 Å². The van der Waals surface area contributed by atoms with Crippen molar-refractivity contribution in [1.29, 1.82) is 0 Å². The Morgan fingerprint density at radius 3 is 2.92 bits per heavy atom. The van der Waals surface area contributed by atoms with Crippen LogP contribution in [0.2, 0.25) is 0 Å². The smallest absolute Gasteiger partial charge is 0.290 e. The van der Waals surface area contributed by atoms with E-state index in [1.807, 2.05) is 29.9 Å². The molecule has 26 heavy (non-hydrogen) atoms. The lowest BCUT2D eigenvalue weighted by atomic mass is 9.99. The van der Waals surface area contributed by atoms with Gasteiger partial charge >= 0.3 is 0 Å². The summed E-state index contributed by atoms with van der Waals surface area (Å²) in [5.41, 5.74) is 1.14. The van der Waals surface area contributed by atoms with Gasteiger partial charge < -0.3 is 15.7 Å². The number of nitrogens with one attached hydrogen (secondary N) is 2. The second kappa shape index (κ2) is 10.1. The van der Waals surface area contributed by atoms with Crippen LogP contribution in [0.3, 0.4) is 0 Å². The number of fused-ring (bicyclic) bond motifs is 1. The Morgan fingerprint density at radius 1 is 1.38 bits per heavy atom. The lowest BCUT2D eigenvalue weighted by Gasteiger charge is -2.21. The van der Waals surface area contributed by atoms with E-state index in [9.17, 15) is 4.79 Å². The van der Waals surface area contributed by atoms with Crippen LogP contribution >= 0.6 is 0 Å². The first kappa shape index (κ1) is 19.4. The van der Waals surface area contributed by atoms with Crippen LogP contribution in [-0.4, -0.2) is 50.3 Å². The van der Waals surface area contributed by atoms with E-state index < -0.39 is 0 Å². The van der Waals surface area contributed by atoms with Crippen LogP contribution in [0.1, 0.15) is 24.2 Å². The number of pyridine rings is 1. The van der Waals surface area contributed by atoms with Crippen LogP contribution in [0.25, 0.3) is 0 Å². The molecule has 0 aliphatic carbocycles. The fourth-order valence-electron chi connectivity index (χ4n) is 2.68. The first-order valence-electron chi connectivity index (χ1n) is 8.52. The summed E-state index contributed by atoms with van der Waals surface area (Å²) in [6, 6.07) is 3.99. The van der Waals surface area contributed by atoms with Gasteiger partial charge in [0.15, 0.2) is 0 Å². The van der Waals surface area contributed by atoms with E-state index in [4.69, 9.17) is 9.90 Å². The monoisotopic (exact) mass is 360 g/mol. The third kappa shape index (κ3) is 5.83. The maximum Gasteiger partial charge on any atom is 0.290 e. The molecule has 9 nitrogen and oxygen atoms in total. The Labute approximate surface area is 151 Å². The van der Waals surface area contributed by atoms with Gasteiger partial charge in [0, 0.05) is 25.7 Å². The van der Waals surface area contributed by atoms with Gasteiger partial charge in [0.05, 0.1) is 12.5 Å². The number of anilines is 1. The van der Waals surface area contributed by atoms with Crippen molar-refractivity contribution in [1.82, 2.24) is 25.1 Å². The highest BCUT2D eigenvalue weighted by molar-refractivity contribution is 5.78. The predicted octanol–water partition coefficient (Wildman–Crippen LogP) is 0.863. The standard InChI is InChI=1S/C16H22N6O.CH2O2/c1-12-3-5-14(19-9-12)17-7-2-8-18-16(23)13-4-6-15-20-11-21-22(15)10-13;2-1-3/h3,5,9,11,13H,2,4,6-8,10H2,1H3,(H,17,19)(H,18,23);1H,(H,2,3). The number of nitrogens with zero attached hydrogens (tertiary/aromatic N) is 4. The number of hydrogen-bond donors (Lipinski definition) is 3. The topological polar surface area (TPSA) is 122 Å². The molecule has 0 spiro atoms. The zero-order valence-electron chi connectivity index (χ0n) is 14.8. The lowest BCUT2D eigenvalue weighted by molar-refractivity contribution is -0.126. The summed E-state index contributed by atoms with van der Waals surface area (Å²) in [5.74, 6) is 1.95. The number of amides is 1. The van der Waals surface area contributed by atoms with Gasteiger partial charge in [0.2, 0.25) is 5.91 Å². The van der Waals surface area contributed by atoms with Gasteiger partial charge in [-0.3, -0.25) is 9.59 Å². The Bertz CT molecular complexity index is 701. The molecule has 2 aromatic rings. The van der Waals surface area contributed by atoms with Crippen molar-refractivity contribution in [3.8, 4) is 0 Å². The van der Waals surface area contributed by atoms with Crippen molar-refractivity contribution >= 4 is 18.2 Å². The molecule has 0 fully saturated rings. The third-order valence-corrected chi connectivity index (χ3v) is 4.05. The first-order chi connectivity index (χ1) is 12.6. The highest BCUT2D eigenvalue weighted by Crippen LogP contribution is 2.17. The molecule has 0 aromatic carbocycles. The molecule has 0 saturated heterocycles. The molecule has 2 aromatic heterocycles. The number of carboxylic acid groups (broad SMARTS) is 1. The SMILES string of the molecule is Cc1ccc(NCCCNC(=O)C2CCc3ncnn3C2)nc1.O=CO. The number of hydrogen-bond acceptors (Lipinski definition) is 6. The maximum atomic E-state index is 12.2. The minimum absolute atomic E-state index is 0.00377. The largest absolute Gasteiger partial charge is 0.483 e. The molecule has 1 atom stereocenters. The van der Waals surface area contributed by atoms with Crippen LogP contribution < -0.4 is 10.6 Å². The van der Waals surface area contributed by atoms with Crippen LogP contribution in [0.4, 0.5) is 5.82 Å². The van der Waals surface area contributed by atoms with Crippen LogP contribution in [0.5, 0.6) is 0 Å². The molecule has 3 N–H and O–H groups in total. The molecule has 3 heterocycles. The summed E-state index contributed by atoms with van der Waals surface area (Å²) < 4.78 is 1.83. The van der Waals surface area contributed by atoms with E-state index in [2.05, 4.69) is 25.7 Å². The average molecular weight is 360 g/mol. The highest BCUT2D eigenvalue weighted by Gasteiger charge is 2.25. The van der Waals surface area contributed by atoms with E-state index in [1.54, 1.807) is 6.33 Å². The summed E-state index contributed by atoms with van der Waals surface area (Å²) in [6.45, 7) is 3.85. The number of carbonyl (C=O) groups excluding carboxylic acids is 1. The fourth-order valence-corrected chi connectivity index (χ4v) is 2.68. The van der Waals surface area contributed by atoms with Gasteiger partial charge in [-0.05, 0) is 31.4 Å². The van der Waals surface area contributed by atoms with Gasteiger partial charge in [-0.25, -0.2) is 14.6 Å². The molecule has 3 rings (SSSR count). The molecule has 0 radical (unpaired) electrons. The van der Waals surface area contributed by atoms with Crippen molar-refractivity contribution in [2.75, 3.05) is 18.4 Å². The molecule has 1 aliphatic rings. The van der Waals surface area contributed by atoms with E-state index in [-0.39, 0.29) is 18.3 Å². The molecular weight excluding hydrogens is 336 g/mol. The number of aromatic nitrogens is 4. The molecular formula is C17H24N6O3. The van der Waals surface area contributed by atoms with Crippen molar-refractivity contribution < 1.29 is 14.7 Å². The van der Waals surface area contributed by atoms with Gasteiger partial charge in [0.1, 0.15) is 18.0 Å². The lowest BCUT2D eigenvalue weighted by Crippen LogP contribution is -2.37. The Kier molecular flexibility index (Phi) is 7.53. The Morgan fingerprint density at radius 2 is 2.19 bits per heavy atom. The second-order valence-electron chi connectivity index (χ2n) is 5.99. The van der Waals surface area contributed by atoms with E-state index in [0.717, 1.165) is 43.0 Å². The van der Waals surface area contributed by atoms with Crippen LogP contribution in [-0.2, 0) is 22.6 Å². The summed E-state index contributed by atoms with van der Waals surface area (Å²) in [5, 5.41) is 17.3. The molecule has 1 amide bonds. The minimum Gasteiger partial charge on any atom is -0.483 e. The zero-order valence-corrected chi connectivity index (χ0v) is 14.8. The van der Waals surface area contributed by atoms with Crippen LogP contribution in [0.15, 0.2) is 24.7 Å². The number of aryl methyl sites for hydroxylation is 2. The van der Waals surface area contributed by atoms with Crippen LogP contribution in [0, 0.1) is 12.8 Å². The van der Waals surface area contributed by atoms with Crippen molar-refractivity contribution in [2.45, 2.75) is 32.7 Å². The van der Waals surface area contributed by atoms with Gasteiger partial charge in [0.25, 0.3) is 6.47 Å². The quantitative estimate of drug-likeness (QED) is 0.516. The summed E-state index contributed by atoms with van der Waals surface area (Å²) in [7, 11) is 0. The second-order valence-corrected chi connectivity index (χ2v) is 5.99. The van der Waals surface area contributed by atoms with Crippen molar-refractivity contribution in [3.63, 3.8) is 0 Å². The molecule has 1 aliphatic heterocycles. The molecule has 0 saturated carbocycles.